The van der Waals surface area contributed by atoms with Crippen LogP contribution in [0, 0.1) is 10.1 Å². The Hall–Kier alpha value is -2.21. The maximum Gasteiger partial charge on any atom is 0.338 e. The van der Waals surface area contributed by atoms with Gasteiger partial charge in [0.2, 0.25) is 0 Å². The van der Waals surface area contributed by atoms with Gasteiger partial charge >= 0.3 is 5.97 Å². The van der Waals surface area contributed by atoms with Crippen molar-refractivity contribution in [3.05, 3.63) is 51.6 Å². The second-order valence-corrected chi connectivity index (χ2v) is 6.20. The monoisotopic (exact) mass is 319 g/mol. The Balaban J connectivity index is 1.75. The summed E-state index contributed by atoms with van der Waals surface area (Å²) >= 11 is 0. The number of carbonyl (C=O) groups is 1. The molecule has 0 radical (unpaired) electrons. The lowest BCUT2D eigenvalue weighted by atomic mass is 10.0. The van der Waals surface area contributed by atoms with Gasteiger partial charge in [0, 0.05) is 12.1 Å². The number of nitrogens with zero attached hydrogens (tertiary/aromatic N) is 1. The average Bonchev–Trinajstić information content (AvgIpc) is 3.12. The number of carbonyl (C=O) groups excluding carboxylic acids is 1. The molecule has 6 nitrogen and oxygen atoms in total. The van der Waals surface area contributed by atoms with Gasteiger partial charge in [0.25, 0.3) is 5.69 Å². The SMILES string of the molecule is C/C(=C\COC(=O)c1ccc([N+](=O)[O-])cc1)CC[C@H]1OC1(C)C. The molecule has 23 heavy (non-hydrogen) atoms. The predicted octanol–water partition coefficient (Wildman–Crippen LogP) is 3.66. The molecule has 0 saturated carbocycles. The van der Waals surface area contributed by atoms with Crippen LogP contribution in [0.2, 0.25) is 0 Å². The summed E-state index contributed by atoms with van der Waals surface area (Å²) in [5.41, 5.74) is 1.40. The fraction of sp³-hybridized carbons (Fsp3) is 0.471. The largest absolute Gasteiger partial charge is 0.458 e. The summed E-state index contributed by atoms with van der Waals surface area (Å²) in [6, 6.07) is 5.36. The molecule has 6 heteroatoms. The highest BCUT2D eigenvalue weighted by molar-refractivity contribution is 5.89. The molecule has 2 rings (SSSR count). The summed E-state index contributed by atoms with van der Waals surface area (Å²) in [6.07, 6.45) is 4.06. The molecule has 0 aliphatic carbocycles. The zero-order chi connectivity index (χ0) is 17.0. The van der Waals surface area contributed by atoms with E-state index < -0.39 is 10.9 Å². The maximum atomic E-state index is 11.8. The van der Waals surface area contributed by atoms with E-state index in [0.717, 1.165) is 18.4 Å². The van der Waals surface area contributed by atoms with Crippen molar-refractivity contribution in [2.75, 3.05) is 6.61 Å². The number of rotatable bonds is 7. The minimum absolute atomic E-state index is 0.00265. The van der Waals surface area contributed by atoms with Crippen LogP contribution in [0.3, 0.4) is 0 Å². The van der Waals surface area contributed by atoms with Crippen molar-refractivity contribution in [3.8, 4) is 0 Å². The van der Waals surface area contributed by atoms with Gasteiger partial charge in [-0.05, 0) is 51.8 Å². The molecule has 1 saturated heterocycles. The van der Waals surface area contributed by atoms with Crippen LogP contribution in [0.15, 0.2) is 35.9 Å². The van der Waals surface area contributed by atoms with E-state index in [1.807, 2.05) is 13.0 Å². The van der Waals surface area contributed by atoms with Gasteiger partial charge in [-0.25, -0.2) is 4.79 Å². The first kappa shape index (κ1) is 17.1. The van der Waals surface area contributed by atoms with Crippen molar-refractivity contribution in [3.63, 3.8) is 0 Å². The molecule has 124 valence electrons. The molecule has 1 aliphatic rings. The van der Waals surface area contributed by atoms with E-state index in [1.54, 1.807) is 0 Å². The number of benzene rings is 1. The molecule has 0 spiro atoms. The van der Waals surface area contributed by atoms with Gasteiger partial charge < -0.3 is 9.47 Å². The van der Waals surface area contributed by atoms with E-state index >= 15 is 0 Å². The first-order chi connectivity index (χ1) is 10.8. The number of hydrogen-bond donors (Lipinski definition) is 0. The van der Waals surface area contributed by atoms with Gasteiger partial charge in [-0.3, -0.25) is 10.1 Å². The first-order valence-corrected chi connectivity index (χ1v) is 7.54. The van der Waals surface area contributed by atoms with Crippen LogP contribution in [0.1, 0.15) is 44.0 Å². The number of non-ortho nitro benzene ring substituents is 1. The minimum Gasteiger partial charge on any atom is -0.458 e. The number of epoxide rings is 1. The van der Waals surface area contributed by atoms with Crippen LogP contribution in [-0.4, -0.2) is 29.2 Å². The van der Waals surface area contributed by atoms with E-state index in [4.69, 9.17) is 9.47 Å². The second-order valence-electron chi connectivity index (χ2n) is 6.20. The Kier molecular flexibility index (Phi) is 5.15. The zero-order valence-electron chi connectivity index (χ0n) is 13.6. The highest BCUT2D eigenvalue weighted by atomic mass is 16.6. The number of ether oxygens (including phenoxy) is 2. The maximum absolute atomic E-state index is 11.8. The summed E-state index contributed by atoms with van der Waals surface area (Å²) in [4.78, 5) is 21.9. The second kappa shape index (κ2) is 6.91. The molecular formula is C17H21NO5. The lowest BCUT2D eigenvalue weighted by Gasteiger charge is -2.04. The Morgan fingerprint density at radius 2 is 2.00 bits per heavy atom. The lowest BCUT2D eigenvalue weighted by Crippen LogP contribution is -2.06. The van der Waals surface area contributed by atoms with Crippen molar-refractivity contribution in [2.45, 2.75) is 45.3 Å². The van der Waals surface area contributed by atoms with E-state index in [-0.39, 0.29) is 17.9 Å². The summed E-state index contributed by atoms with van der Waals surface area (Å²) in [5.74, 6) is -0.490. The van der Waals surface area contributed by atoms with Gasteiger partial charge in [0.05, 0.1) is 22.2 Å². The fourth-order valence-electron chi connectivity index (χ4n) is 2.26. The van der Waals surface area contributed by atoms with Crippen molar-refractivity contribution >= 4 is 11.7 Å². The van der Waals surface area contributed by atoms with Crippen LogP contribution in [0.25, 0.3) is 0 Å². The fourth-order valence-corrected chi connectivity index (χ4v) is 2.26. The molecule has 1 fully saturated rings. The topological polar surface area (TPSA) is 82.0 Å². The molecular weight excluding hydrogens is 298 g/mol. The van der Waals surface area contributed by atoms with E-state index in [9.17, 15) is 14.9 Å². The lowest BCUT2D eigenvalue weighted by molar-refractivity contribution is -0.384. The molecule has 1 aromatic carbocycles. The van der Waals surface area contributed by atoms with Crippen molar-refractivity contribution in [1.29, 1.82) is 0 Å². The molecule has 0 bridgehead atoms. The number of nitro groups is 1. The van der Waals surface area contributed by atoms with Crippen LogP contribution < -0.4 is 0 Å². The van der Waals surface area contributed by atoms with Gasteiger partial charge in [-0.2, -0.15) is 0 Å². The molecule has 0 N–H and O–H groups in total. The predicted molar refractivity (Wildman–Crippen MR) is 85.3 cm³/mol. The highest BCUT2D eigenvalue weighted by Gasteiger charge is 2.46. The Bertz CT molecular complexity index is 618. The van der Waals surface area contributed by atoms with Gasteiger partial charge in [-0.15, -0.1) is 0 Å². The standard InChI is InChI=1S/C17H21NO5/c1-12(4-9-15-17(2,3)23-15)10-11-22-16(19)13-5-7-14(8-6-13)18(20)21/h5-8,10,15H,4,9,11H2,1-3H3/b12-10+/t15-/m1/s1. The molecule has 1 heterocycles. The smallest absolute Gasteiger partial charge is 0.338 e. The third-order valence-corrected chi connectivity index (χ3v) is 3.93. The van der Waals surface area contributed by atoms with Crippen molar-refractivity contribution in [2.24, 2.45) is 0 Å². The summed E-state index contributed by atoms with van der Waals surface area (Å²) in [6.45, 7) is 6.33. The minimum atomic E-state index is -0.508. The summed E-state index contributed by atoms with van der Waals surface area (Å²) in [5, 5.41) is 10.6. The zero-order valence-corrected chi connectivity index (χ0v) is 13.6. The Labute approximate surface area is 135 Å². The van der Waals surface area contributed by atoms with Gasteiger partial charge in [0.1, 0.15) is 6.61 Å². The van der Waals surface area contributed by atoms with Crippen molar-refractivity contribution in [1.82, 2.24) is 0 Å². The molecule has 1 aromatic rings. The van der Waals surface area contributed by atoms with Crippen LogP contribution in [-0.2, 0) is 9.47 Å². The summed E-state index contributed by atoms with van der Waals surface area (Å²) < 4.78 is 10.7. The van der Waals surface area contributed by atoms with E-state index in [2.05, 4.69) is 13.8 Å². The van der Waals surface area contributed by atoms with Gasteiger partial charge in [-0.1, -0.05) is 5.57 Å². The Morgan fingerprint density at radius 3 is 2.52 bits per heavy atom. The van der Waals surface area contributed by atoms with Crippen molar-refractivity contribution < 1.29 is 19.2 Å². The Morgan fingerprint density at radius 1 is 1.39 bits per heavy atom. The van der Waals surface area contributed by atoms with Crippen LogP contribution in [0.4, 0.5) is 5.69 Å². The van der Waals surface area contributed by atoms with E-state index in [0.29, 0.717) is 11.7 Å². The molecule has 1 atom stereocenters. The molecule has 1 aliphatic heterocycles. The number of hydrogen-bond acceptors (Lipinski definition) is 5. The highest BCUT2D eigenvalue weighted by Crippen LogP contribution is 2.38. The number of allylic oxidation sites excluding steroid dienone is 1. The number of nitro benzene ring substituents is 1. The average molecular weight is 319 g/mol. The molecule has 0 unspecified atom stereocenters. The molecule has 0 amide bonds. The third-order valence-electron chi connectivity index (χ3n) is 3.93. The normalized spacial score (nSPS) is 19.3. The van der Waals surface area contributed by atoms with E-state index in [1.165, 1.54) is 24.3 Å². The third kappa shape index (κ3) is 4.89. The van der Waals surface area contributed by atoms with Crippen LogP contribution >= 0.6 is 0 Å². The molecule has 0 aromatic heterocycles. The quantitative estimate of drug-likeness (QED) is 0.252. The summed E-state index contributed by atoms with van der Waals surface area (Å²) in [7, 11) is 0. The van der Waals surface area contributed by atoms with Gasteiger partial charge in [0.15, 0.2) is 0 Å². The number of esters is 1. The van der Waals surface area contributed by atoms with Crippen LogP contribution in [0.5, 0.6) is 0 Å². The first-order valence-electron chi connectivity index (χ1n) is 7.54.